The van der Waals surface area contributed by atoms with Gasteiger partial charge in [0, 0.05) is 6.42 Å². The SMILES string of the molecule is CCC(=O)OCc1c(C)cccc1C. The third-order valence-corrected chi connectivity index (χ3v) is 2.31. The summed E-state index contributed by atoms with van der Waals surface area (Å²) in [6, 6.07) is 6.07. The fraction of sp³-hybridized carbons (Fsp3) is 0.417. The van der Waals surface area contributed by atoms with Gasteiger partial charge in [-0.05, 0) is 30.5 Å². The van der Waals surface area contributed by atoms with E-state index in [1.807, 2.05) is 32.0 Å². The summed E-state index contributed by atoms with van der Waals surface area (Å²) >= 11 is 0. The maximum absolute atomic E-state index is 11.0. The number of carbonyl (C=O) groups excluding carboxylic acids is 1. The summed E-state index contributed by atoms with van der Waals surface area (Å²) in [4.78, 5) is 11.0. The van der Waals surface area contributed by atoms with Gasteiger partial charge < -0.3 is 4.74 Å². The molecule has 2 nitrogen and oxygen atoms in total. The summed E-state index contributed by atoms with van der Waals surface area (Å²) in [6.45, 7) is 6.25. The Bertz CT molecular complexity index is 309. The lowest BCUT2D eigenvalue weighted by atomic mass is 10.0. The van der Waals surface area contributed by atoms with Gasteiger partial charge in [-0.3, -0.25) is 4.79 Å². The molecule has 1 aromatic rings. The quantitative estimate of drug-likeness (QED) is 0.688. The van der Waals surface area contributed by atoms with Crippen molar-refractivity contribution in [2.45, 2.75) is 33.8 Å². The van der Waals surface area contributed by atoms with Gasteiger partial charge in [0.05, 0.1) is 0 Å². The predicted molar refractivity (Wildman–Crippen MR) is 56.0 cm³/mol. The molecule has 1 aromatic carbocycles. The summed E-state index contributed by atoms with van der Waals surface area (Å²) in [5.41, 5.74) is 3.47. The van der Waals surface area contributed by atoms with E-state index < -0.39 is 0 Å². The minimum atomic E-state index is -0.146. The van der Waals surface area contributed by atoms with E-state index in [2.05, 4.69) is 0 Å². The molecule has 0 aliphatic rings. The normalized spacial score (nSPS) is 9.93. The lowest BCUT2D eigenvalue weighted by Gasteiger charge is -2.09. The molecule has 0 aliphatic heterocycles. The van der Waals surface area contributed by atoms with Crippen molar-refractivity contribution in [3.05, 3.63) is 34.9 Å². The van der Waals surface area contributed by atoms with Crippen LogP contribution in [0.25, 0.3) is 0 Å². The summed E-state index contributed by atoms with van der Waals surface area (Å²) in [5, 5.41) is 0. The average Bonchev–Trinajstić information content (AvgIpc) is 2.16. The first-order valence-corrected chi connectivity index (χ1v) is 4.86. The van der Waals surface area contributed by atoms with Crippen molar-refractivity contribution < 1.29 is 9.53 Å². The Kier molecular flexibility index (Phi) is 3.69. The molecule has 0 atom stereocenters. The van der Waals surface area contributed by atoms with Crippen LogP contribution in [-0.2, 0) is 16.1 Å². The van der Waals surface area contributed by atoms with Gasteiger partial charge in [0.2, 0.25) is 0 Å². The predicted octanol–water partition coefficient (Wildman–Crippen LogP) is 2.76. The summed E-state index contributed by atoms with van der Waals surface area (Å²) in [6.07, 6.45) is 0.435. The fourth-order valence-electron chi connectivity index (χ4n) is 1.33. The molecule has 0 heterocycles. The van der Waals surface area contributed by atoms with Crippen LogP contribution in [0, 0.1) is 13.8 Å². The molecule has 0 aliphatic carbocycles. The Labute approximate surface area is 84.9 Å². The van der Waals surface area contributed by atoms with E-state index >= 15 is 0 Å². The van der Waals surface area contributed by atoms with Crippen LogP contribution in [0.5, 0.6) is 0 Å². The maximum Gasteiger partial charge on any atom is 0.305 e. The average molecular weight is 192 g/mol. The van der Waals surface area contributed by atoms with Gasteiger partial charge in [-0.15, -0.1) is 0 Å². The van der Waals surface area contributed by atoms with Gasteiger partial charge in [-0.1, -0.05) is 25.1 Å². The number of aryl methyl sites for hydroxylation is 2. The van der Waals surface area contributed by atoms with Crippen molar-refractivity contribution in [3.63, 3.8) is 0 Å². The maximum atomic E-state index is 11.0. The van der Waals surface area contributed by atoms with Crippen molar-refractivity contribution in [3.8, 4) is 0 Å². The van der Waals surface area contributed by atoms with Crippen molar-refractivity contribution >= 4 is 5.97 Å². The van der Waals surface area contributed by atoms with Crippen LogP contribution in [0.2, 0.25) is 0 Å². The third-order valence-electron chi connectivity index (χ3n) is 2.31. The van der Waals surface area contributed by atoms with Crippen molar-refractivity contribution in [1.29, 1.82) is 0 Å². The second-order valence-electron chi connectivity index (χ2n) is 3.38. The Hall–Kier alpha value is -1.31. The highest BCUT2D eigenvalue weighted by molar-refractivity contribution is 5.68. The largest absolute Gasteiger partial charge is 0.461 e. The van der Waals surface area contributed by atoms with Gasteiger partial charge in [0.15, 0.2) is 0 Å². The molecule has 0 saturated carbocycles. The standard InChI is InChI=1S/C12H16O2/c1-4-12(13)14-8-11-9(2)6-5-7-10(11)3/h5-7H,4,8H2,1-3H3. The molecule has 76 valence electrons. The first-order valence-electron chi connectivity index (χ1n) is 4.86. The number of hydrogen-bond acceptors (Lipinski definition) is 2. The first-order chi connectivity index (χ1) is 6.65. The fourth-order valence-corrected chi connectivity index (χ4v) is 1.33. The van der Waals surface area contributed by atoms with Crippen LogP contribution in [0.4, 0.5) is 0 Å². The van der Waals surface area contributed by atoms with Gasteiger partial charge in [-0.25, -0.2) is 0 Å². The molecule has 0 bridgehead atoms. The molecule has 0 spiro atoms. The van der Waals surface area contributed by atoms with Crippen LogP contribution in [0.1, 0.15) is 30.0 Å². The van der Waals surface area contributed by atoms with Gasteiger partial charge in [0.25, 0.3) is 0 Å². The van der Waals surface area contributed by atoms with Crippen molar-refractivity contribution in [2.75, 3.05) is 0 Å². The molecule has 0 fully saturated rings. The van der Waals surface area contributed by atoms with Gasteiger partial charge in [-0.2, -0.15) is 0 Å². The second kappa shape index (κ2) is 4.80. The molecule has 0 saturated heterocycles. The number of benzene rings is 1. The minimum absolute atomic E-state index is 0.146. The van der Waals surface area contributed by atoms with E-state index in [9.17, 15) is 4.79 Å². The molecule has 0 amide bonds. The molecule has 1 rings (SSSR count). The van der Waals surface area contributed by atoms with E-state index in [1.165, 1.54) is 11.1 Å². The van der Waals surface area contributed by atoms with Crippen LogP contribution in [0.15, 0.2) is 18.2 Å². The third kappa shape index (κ3) is 2.59. The summed E-state index contributed by atoms with van der Waals surface area (Å²) < 4.78 is 5.10. The molecule has 0 aromatic heterocycles. The number of esters is 1. The first kappa shape index (κ1) is 10.8. The van der Waals surface area contributed by atoms with Crippen LogP contribution < -0.4 is 0 Å². The van der Waals surface area contributed by atoms with E-state index in [0.717, 1.165) is 5.56 Å². The van der Waals surface area contributed by atoms with Gasteiger partial charge >= 0.3 is 5.97 Å². The number of hydrogen-bond donors (Lipinski definition) is 0. The van der Waals surface area contributed by atoms with Crippen molar-refractivity contribution in [2.24, 2.45) is 0 Å². The molecule has 0 N–H and O–H groups in total. The van der Waals surface area contributed by atoms with Gasteiger partial charge in [0.1, 0.15) is 6.61 Å². The Balaban J connectivity index is 2.71. The van der Waals surface area contributed by atoms with Crippen molar-refractivity contribution in [1.82, 2.24) is 0 Å². The molecular weight excluding hydrogens is 176 g/mol. The lowest BCUT2D eigenvalue weighted by molar-refractivity contribution is -0.144. The second-order valence-corrected chi connectivity index (χ2v) is 3.38. The Morgan fingerprint density at radius 2 is 1.86 bits per heavy atom. The van der Waals surface area contributed by atoms with E-state index in [-0.39, 0.29) is 5.97 Å². The zero-order valence-electron chi connectivity index (χ0n) is 8.96. The van der Waals surface area contributed by atoms with E-state index in [4.69, 9.17) is 4.74 Å². The highest BCUT2D eigenvalue weighted by atomic mass is 16.5. The Morgan fingerprint density at radius 1 is 1.29 bits per heavy atom. The lowest BCUT2D eigenvalue weighted by Crippen LogP contribution is -2.04. The van der Waals surface area contributed by atoms with E-state index in [1.54, 1.807) is 6.92 Å². The minimum Gasteiger partial charge on any atom is -0.461 e. The number of ether oxygens (including phenoxy) is 1. The zero-order chi connectivity index (χ0) is 10.6. The Morgan fingerprint density at radius 3 is 2.36 bits per heavy atom. The topological polar surface area (TPSA) is 26.3 Å². The molecule has 14 heavy (non-hydrogen) atoms. The van der Waals surface area contributed by atoms with Crippen LogP contribution >= 0.6 is 0 Å². The highest BCUT2D eigenvalue weighted by Gasteiger charge is 2.04. The monoisotopic (exact) mass is 192 g/mol. The van der Waals surface area contributed by atoms with Crippen LogP contribution in [-0.4, -0.2) is 5.97 Å². The molecule has 0 unspecified atom stereocenters. The molecule has 2 heteroatoms. The molecular formula is C12H16O2. The molecule has 0 radical (unpaired) electrons. The number of rotatable bonds is 3. The van der Waals surface area contributed by atoms with E-state index in [0.29, 0.717) is 13.0 Å². The summed E-state index contributed by atoms with van der Waals surface area (Å²) in [7, 11) is 0. The highest BCUT2D eigenvalue weighted by Crippen LogP contribution is 2.14. The smallest absolute Gasteiger partial charge is 0.305 e. The van der Waals surface area contributed by atoms with Crippen LogP contribution in [0.3, 0.4) is 0 Å². The summed E-state index contributed by atoms with van der Waals surface area (Å²) in [5.74, 6) is -0.146. The number of carbonyl (C=O) groups is 1. The zero-order valence-corrected chi connectivity index (χ0v) is 8.96.